The molecule has 1 unspecified atom stereocenters. The third-order valence-corrected chi connectivity index (χ3v) is 4.66. The number of alkyl halides is 1. The van der Waals surface area contributed by atoms with Gasteiger partial charge in [0.2, 0.25) is 0 Å². The van der Waals surface area contributed by atoms with Gasteiger partial charge in [0.1, 0.15) is 5.01 Å². The third-order valence-electron chi connectivity index (χ3n) is 3.39. The summed E-state index contributed by atoms with van der Waals surface area (Å²) in [4.78, 5) is 7.09. The number of hydrogen-bond donors (Lipinski definition) is 0. The highest BCUT2D eigenvalue weighted by atomic mass is 35.5. The van der Waals surface area contributed by atoms with Crippen LogP contribution < -0.4 is 0 Å². The Labute approximate surface area is 114 Å². The molecule has 0 spiro atoms. The van der Waals surface area contributed by atoms with E-state index in [4.69, 9.17) is 11.6 Å². The number of aromatic nitrogens is 1. The van der Waals surface area contributed by atoms with Crippen LogP contribution in [0.25, 0.3) is 0 Å². The van der Waals surface area contributed by atoms with Gasteiger partial charge in [0.15, 0.2) is 0 Å². The molecule has 4 heteroatoms. The predicted molar refractivity (Wildman–Crippen MR) is 76.8 cm³/mol. The first kappa shape index (κ1) is 14.9. The molecule has 1 heterocycles. The van der Waals surface area contributed by atoms with Crippen LogP contribution in [0, 0.1) is 0 Å². The van der Waals surface area contributed by atoms with Gasteiger partial charge in [0, 0.05) is 11.4 Å². The minimum absolute atomic E-state index is 0.432. The van der Waals surface area contributed by atoms with Gasteiger partial charge >= 0.3 is 0 Å². The molecule has 0 aliphatic heterocycles. The molecule has 0 N–H and O–H groups in total. The van der Waals surface area contributed by atoms with Gasteiger partial charge in [-0.1, -0.05) is 20.8 Å². The lowest BCUT2D eigenvalue weighted by molar-refractivity contribution is 0.159. The van der Waals surface area contributed by atoms with E-state index in [2.05, 4.69) is 43.1 Å². The molecule has 1 atom stereocenters. The van der Waals surface area contributed by atoms with Crippen LogP contribution in [-0.2, 0) is 5.88 Å². The van der Waals surface area contributed by atoms with E-state index >= 15 is 0 Å². The van der Waals surface area contributed by atoms with E-state index < -0.39 is 0 Å². The van der Waals surface area contributed by atoms with E-state index in [1.54, 1.807) is 11.3 Å². The van der Waals surface area contributed by atoms with Crippen LogP contribution in [0.4, 0.5) is 0 Å². The molecule has 2 nitrogen and oxygen atoms in total. The zero-order valence-corrected chi connectivity index (χ0v) is 12.8. The summed E-state index contributed by atoms with van der Waals surface area (Å²) in [6.45, 7) is 6.73. The summed E-state index contributed by atoms with van der Waals surface area (Å²) in [5.74, 6) is 0.516. The highest BCUT2D eigenvalue weighted by Crippen LogP contribution is 2.29. The second-order valence-electron chi connectivity index (χ2n) is 4.37. The highest BCUT2D eigenvalue weighted by Gasteiger charge is 2.23. The van der Waals surface area contributed by atoms with Gasteiger partial charge in [-0.3, -0.25) is 4.90 Å². The molecular weight excluding hydrogens is 252 g/mol. The van der Waals surface area contributed by atoms with Crippen LogP contribution in [0.1, 0.15) is 56.8 Å². The number of halogens is 1. The highest BCUT2D eigenvalue weighted by molar-refractivity contribution is 7.09. The van der Waals surface area contributed by atoms with Crippen molar-refractivity contribution in [2.75, 3.05) is 7.05 Å². The molecule has 0 aliphatic carbocycles. The molecule has 17 heavy (non-hydrogen) atoms. The van der Waals surface area contributed by atoms with Gasteiger partial charge in [-0.25, -0.2) is 4.98 Å². The minimum Gasteiger partial charge on any atom is -0.294 e. The molecule has 98 valence electrons. The molecule has 0 saturated carbocycles. The lowest BCUT2D eigenvalue weighted by Gasteiger charge is -2.32. The molecule has 0 aromatic carbocycles. The van der Waals surface area contributed by atoms with Crippen molar-refractivity contribution in [3.8, 4) is 0 Å². The molecule has 0 amide bonds. The van der Waals surface area contributed by atoms with Gasteiger partial charge in [-0.05, 0) is 26.3 Å². The van der Waals surface area contributed by atoms with Crippen molar-refractivity contribution in [3.05, 3.63) is 16.1 Å². The molecule has 1 aromatic rings. The summed E-state index contributed by atoms with van der Waals surface area (Å²) in [7, 11) is 2.22. The number of hydrogen-bond acceptors (Lipinski definition) is 3. The first-order valence-electron chi connectivity index (χ1n) is 6.39. The van der Waals surface area contributed by atoms with Crippen LogP contribution in [-0.4, -0.2) is 23.0 Å². The summed E-state index contributed by atoms with van der Waals surface area (Å²) in [5.41, 5.74) is 1.00. The van der Waals surface area contributed by atoms with Crippen LogP contribution in [0.2, 0.25) is 0 Å². The van der Waals surface area contributed by atoms with Crippen molar-refractivity contribution >= 4 is 22.9 Å². The Hall–Kier alpha value is -0.120. The summed E-state index contributed by atoms with van der Waals surface area (Å²) in [5, 5.41) is 3.28. The SMILES string of the molecule is CCC(CC)N(C)C(CC)c1nc(CCl)cs1. The van der Waals surface area contributed by atoms with E-state index in [1.807, 2.05) is 0 Å². The average molecular weight is 275 g/mol. The lowest BCUT2D eigenvalue weighted by Crippen LogP contribution is -2.34. The second-order valence-corrected chi connectivity index (χ2v) is 5.53. The normalized spacial score (nSPS) is 13.6. The minimum atomic E-state index is 0.432. The van der Waals surface area contributed by atoms with Crippen molar-refractivity contribution in [2.45, 2.75) is 58.0 Å². The Balaban J connectivity index is 2.82. The van der Waals surface area contributed by atoms with Gasteiger partial charge in [-0.15, -0.1) is 22.9 Å². The fraction of sp³-hybridized carbons (Fsp3) is 0.769. The Morgan fingerprint density at radius 1 is 1.29 bits per heavy atom. The molecule has 0 saturated heterocycles. The van der Waals surface area contributed by atoms with E-state index in [9.17, 15) is 0 Å². The summed E-state index contributed by atoms with van der Waals surface area (Å²) >= 11 is 7.55. The molecular formula is C13H23ClN2S. The molecule has 0 aliphatic rings. The van der Waals surface area contributed by atoms with Gasteiger partial charge in [0.25, 0.3) is 0 Å². The van der Waals surface area contributed by atoms with E-state index in [1.165, 1.54) is 17.8 Å². The molecule has 0 radical (unpaired) electrons. The Bertz CT molecular complexity index is 323. The average Bonchev–Trinajstić information content (AvgIpc) is 2.80. The molecule has 1 rings (SSSR count). The summed E-state index contributed by atoms with van der Waals surface area (Å²) < 4.78 is 0. The Kier molecular flexibility index (Phi) is 6.45. The van der Waals surface area contributed by atoms with Crippen molar-refractivity contribution in [1.29, 1.82) is 0 Å². The topological polar surface area (TPSA) is 16.1 Å². The third kappa shape index (κ3) is 3.67. The van der Waals surface area contributed by atoms with Crippen molar-refractivity contribution < 1.29 is 0 Å². The first-order valence-corrected chi connectivity index (χ1v) is 7.81. The zero-order valence-electron chi connectivity index (χ0n) is 11.2. The lowest BCUT2D eigenvalue weighted by atomic mass is 10.1. The van der Waals surface area contributed by atoms with Gasteiger partial charge < -0.3 is 0 Å². The van der Waals surface area contributed by atoms with Crippen LogP contribution >= 0.6 is 22.9 Å². The zero-order chi connectivity index (χ0) is 12.8. The fourth-order valence-corrected chi connectivity index (χ4v) is 3.57. The van der Waals surface area contributed by atoms with Crippen LogP contribution in [0.3, 0.4) is 0 Å². The van der Waals surface area contributed by atoms with Crippen LogP contribution in [0.5, 0.6) is 0 Å². The molecule has 0 fully saturated rings. The maximum Gasteiger partial charge on any atom is 0.110 e. The summed E-state index contributed by atoms with van der Waals surface area (Å²) in [6, 6.07) is 1.07. The van der Waals surface area contributed by atoms with Gasteiger partial charge in [-0.2, -0.15) is 0 Å². The van der Waals surface area contributed by atoms with E-state index in [0.29, 0.717) is 18.0 Å². The first-order chi connectivity index (χ1) is 8.17. The fourth-order valence-electron chi connectivity index (χ4n) is 2.29. The Morgan fingerprint density at radius 2 is 1.94 bits per heavy atom. The maximum atomic E-state index is 5.82. The second kappa shape index (κ2) is 7.34. The number of nitrogens with zero attached hydrogens (tertiary/aromatic N) is 2. The number of rotatable bonds is 7. The number of thiazole rings is 1. The molecule has 1 aromatic heterocycles. The molecule has 0 bridgehead atoms. The predicted octanol–water partition coefficient (Wildman–Crippen LogP) is 4.45. The Morgan fingerprint density at radius 3 is 2.35 bits per heavy atom. The monoisotopic (exact) mass is 274 g/mol. The van der Waals surface area contributed by atoms with E-state index in [0.717, 1.165) is 12.1 Å². The quantitative estimate of drug-likeness (QED) is 0.683. The van der Waals surface area contributed by atoms with Gasteiger partial charge in [0.05, 0.1) is 17.6 Å². The maximum absolute atomic E-state index is 5.82. The largest absolute Gasteiger partial charge is 0.294 e. The smallest absolute Gasteiger partial charge is 0.110 e. The van der Waals surface area contributed by atoms with Crippen molar-refractivity contribution in [2.24, 2.45) is 0 Å². The van der Waals surface area contributed by atoms with Crippen molar-refractivity contribution in [3.63, 3.8) is 0 Å². The summed E-state index contributed by atoms with van der Waals surface area (Å²) in [6.07, 6.45) is 3.48. The van der Waals surface area contributed by atoms with Crippen molar-refractivity contribution in [1.82, 2.24) is 9.88 Å². The standard InChI is InChI=1S/C13H23ClN2S/c1-5-11(6-2)16(4)12(7-3)13-15-10(8-14)9-17-13/h9,11-12H,5-8H2,1-4H3. The van der Waals surface area contributed by atoms with Crippen LogP contribution in [0.15, 0.2) is 5.38 Å². The van der Waals surface area contributed by atoms with E-state index in [-0.39, 0.29) is 0 Å².